The number of aliphatic imine (C=N–C) groups is 4. The van der Waals surface area contributed by atoms with Crippen LogP contribution in [0, 0.1) is 20.2 Å². The van der Waals surface area contributed by atoms with Gasteiger partial charge in [0.25, 0.3) is 35.2 Å². The minimum Gasteiger partial charge on any atom is -0.370 e. The second kappa shape index (κ2) is 24.9. The van der Waals surface area contributed by atoms with E-state index in [9.17, 15) is 54.1 Å². The molecule has 0 fully saturated rings. The van der Waals surface area contributed by atoms with Gasteiger partial charge in [-0.15, -0.1) is 4.99 Å². The molecule has 0 saturated heterocycles. The van der Waals surface area contributed by atoms with Crippen molar-refractivity contribution in [1.29, 1.82) is 0 Å². The van der Waals surface area contributed by atoms with Crippen LogP contribution in [0.1, 0.15) is 17.2 Å². The first-order valence-electron chi connectivity index (χ1n) is 19.0. The summed E-state index contributed by atoms with van der Waals surface area (Å²) in [5, 5.41) is 54.3. The number of pyridine rings is 1. The summed E-state index contributed by atoms with van der Waals surface area (Å²) in [5.74, 6) is -12.3. The van der Waals surface area contributed by atoms with Crippen LogP contribution in [-0.4, -0.2) is 115 Å². The zero-order chi connectivity index (χ0) is 52.4. The molecule has 0 aliphatic heterocycles. The van der Waals surface area contributed by atoms with Crippen LogP contribution in [0.2, 0.25) is 0 Å². The van der Waals surface area contributed by atoms with E-state index in [-0.39, 0.29) is 16.8 Å². The maximum absolute atomic E-state index is 14.1. The molecule has 36 nitrogen and oxygen atoms in total. The van der Waals surface area contributed by atoms with Gasteiger partial charge in [0.1, 0.15) is 12.2 Å². The molecule has 374 valence electrons. The van der Waals surface area contributed by atoms with Gasteiger partial charge in [0, 0.05) is 6.54 Å². The number of aromatic nitrogens is 1. The highest BCUT2D eigenvalue weighted by atomic mass is 17.2. The Kier molecular flexibility index (Phi) is 19.2. The average Bonchev–Trinajstić information content (AvgIpc) is 3.28. The number of carbonyl (C=O) groups is 6. The van der Waals surface area contributed by atoms with Crippen LogP contribution in [0.3, 0.4) is 0 Å². The Balaban J connectivity index is 2.02. The normalized spacial score (nSPS) is 13.0. The molecule has 0 spiro atoms. The van der Waals surface area contributed by atoms with Crippen LogP contribution in [0.5, 0.6) is 0 Å². The first-order valence-corrected chi connectivity index (χ1v) is 19.0. The van der Waals surface area contributed by atoms with Crippen LogP contribution in [0.25, 0.3) is 0 Å². The van der Waals surface area contributed by atoms with E-state index in [1.165, 1.54) is 54.6 Å². The fourth-order valence-corrected chi connectivity index (χ4v) is 5.49. The molecule has 1 aromatic heterocycles. The number of aliphatic hydroxyl groups is 1. The van der Waals surface area contributed by atoms with Gasteiger partial charge in [-0.25, -0.2) is 35.7 Å². The van der Waals surface area contributed by atoms with Gasteiger partial charge in [-0.1, -0.05) is 42.5 Å². The highest BCUT2D eigenvalue weighted by Crippen LogP contribution is 2.32. The molecular weight excluding hydrogens is 939 g/mol. The van der Waals surface area contributed by atoms with Crippen molar-refractivity contribution < 1.29 is 54.0 Å². The van der Waals surface area contributed by atoms with Crippen molar-refractivity contribution >= 4 is 82.2 Å². The van der Waals surface area contributed by atoms with E-state index in [2.05, 4.69) is 46.1 Å². The number of hydrogen-bond acceptors (Lipinski definition) is 20. The number of amides is 6. The molecule has 2 aromatic carbocycles. The van der Waals surface area contributed by atoms with Crippen molar-refractivity contribution in [3.8, 4) is 0 Å². The van der Waals surface area contributed by atoms with E-state index in [1.807, 2.05) is 16.0 Å². The summed E-state index contributed by atoms with van der Waals surface area (Å²) in [4.78, 5) is 124. The first-order chi connectivity index (χ1) is 32.9. The molecule has 0 aliphatic carbocycles. The number of aliphatic hydroxyl groups excluding tert-OH is 1. The molecule has 3 aromatic rings. The minimum absolute atomic E-state index is 0.0372. The lowest BCUT2D eigenvalue weighted by molar-refractivity contribution is -0.394. The third-order valence-electron chi connectivity index (χ3n) is 8.44. The molecule has 26 N–H and O–H groups in total. The van der Waals surface area contributed by atoms with E-state index in [1.54, 1.807) is 0 Å². The fourth-order valence-electron chi connectivity index (χ4n) is 5.49. The number of nitro groups is 2. The first kappa shape index (κ1) is 54.1. The highest BCUT2D eigenvalue weighted by Gasteiger charge is 2.37. The predicted octanol–water partition coefficient (Wildman–Crippen LogP) is -7.75. The quantitative estimate of drug-likeness (QED) is 0.00990. The number of benzene rings is 2. The molecule has 0 saturated carbocycles. The van der Waals surface area contributed by atoms with Gasteiger partial charge >= 0.3 is 5.69 Å². The largest absolute Gasteiger partial charge is 0.370 e. The number of nitrogens with zero attached hydrogens (tertiary/aromatic N) is 8. The third-order valence-corrected chi connectivity index (χ3v) is 8.44. The smallest absolute Gasteiger partial charge is 0.318 e. The summed E-state index contributed by atoms with van der Waals surface area (Å²) in [6, 6.07) is 11.0. The lowest BCUT2D eigenvalue weighted by atomic mass is 10.1. The standard InChI is InChI=1S/C34H45N23O13/c35-19(58)20(50-31(36)37)46-26(60)22(52-33(40)41)48-28(62)23(53-34(42)43)49-27(61)21(51-32(38)39)47-25(59)18(14-4-2-1-3-5-14)45-29(63)30(64)55(12-13-6-8-15(9-7-13)54-70-69)24-17(57(67)68)10-16(11-44-24)56(65)66/h1-11,18,20-23,30,54,64,69H,12H2,(H2,35,58)(H,45,63)(H,46,60)(H,47,59)(H,48,62)(H,49,61)(H4,36,37,50)(H4,38,39,51)(H4,40,41,52)(H4,42,43,53). The number of nitrogens with two attached hydrogens (primary N) is 9. The van der Waals surface area contributed by atoms with Gasteiger partial charge < -0.3 is 88.2 Å². The molecule has 36 heteroatoms. The summed E-state index contributed by atoms with van der Waals surface area (Å²) in [6.07, 6.45) is -10.4. The Bertz CT molecular complexity index is 2550. The molecule has 0 radical (unpaired) electrons. The lowest BCUT2D eigenvalue weighted by Gasteiger charge is -2.29. The maximum atomic E-state index is 14.1. The molecule has 1 heterocycles. The lowest BCUT2D eigenvalue weighted by Crippen LogP contribution is -2.58. The van der Waals surface area contributed by atoms with E-state index in [0.29, 0.717) is 17.2 Å². The van der Waals surface area contributed by atoms with E-state index < -0.39 is 130 Å². The van der Waals surface area contributed by atoms with Gasteiger partial charge in [0.2, 0.25) is 42.6 Å². The van der Waals surface area contributed by atoms with Crippen molar-refractivity contribution in [2.45, 2.75) is 43.5 Å². The van der Waals surface area contributed by atoms with Crippen molar-refractivity contribution in [2.75, 3.05) is 10.4 Å². The average molecular weight is 984 g/mol. The minimum atomic E-state index is -2.50. The zero-order valence-electron chi connectivity index (χ0n) is 35.7. The Hall–Kier alpha value is -10.2. The fraction of sp³-hybridized carbons (Fsp3) is 0.206. The highest BCUT2D eigenvalue weighted by molar-refractivity contribution is 5.99. The molecular formula is C34H45N23O13. The maximum Gasteiger partial charge on any atom is 0.318 e. The van der Waals surface area contributed by atoms with Gasteiger partial charge in [0.15, 0.2) is 23.8 Å². The Morgan fingerprint density at radius 3 is 1.53 bits per heavy atom. The van der Waals surface area contributed by atoms with Gasteiger partial charge in [-0.2, -0.15) is 0 Å². The number of guanidine groups is 4. The van der Waals surface area contributed by atoms with E-state index in [0.717, 1.165) is 0 Å². The SMILES string of the molecule is NC(=O)C(N=C(N)N)NC(=O)C(N=C(N)N)NC(=O)C(N=C(N)N)NC(=O)C(N=C(N)N)NC(=O)C(NC(=O)C(O)N(Cc1ccc(NOO)cc1)c1ncc([N+](=O)[O-])cc1[N+](=O)[O-])c1ccccc1. The molecule has 0 bridgehead atoms. The number of rotatable bonds is 24. The van der Waals surface area contributed by atoms with Gasteiger partial charge in [0.05, 0.1) is 21.6 Å². The van der Waals surface area contributed by atoms with Crippen molar-refractivity contribution in [1.82, 2.24) is 31.6 Å². The molecule has 6 amide bonds. The van der Waals surface area contributed by atoms with Crippen LogP contribution in [-0.2, 0) is 40.3 Å². The van der Waals surface area contributed by atoms with Crippen molar-refractivity contribution in [3.63, 3.8) is 0 Å². The molecule has 70 heavy (non-hydrogen) atoms. The third kappa shape index (κ3) is 16.0. The van der Waals surface area contributed by atoms with Crippen LogP contribution in [0.15, 0.2) is 86.8 Å². The van der Waals surface area contributed by atoms with Crippen LogP contribution < -0.4 is 88.6 Å². The second-order valence-electron chi connectivity index (χ2n) is 13.6. The summed E-state index contributed by atoms with van der Waals surface area (Å²) < 4.78 is 0. The van der Waals surface area contributed by atoms with Crippen molar-refractivity contribution in [3.05, 3.63) is 98.2 Å². The molecule has 3 rings (SSSR count). The van der Waals surface area contributed by atoms with Crippen molar-refractivity contribution in [2.24, 2.45) is 71.6 Å². The monoisotopic (exact) mass is 983 g/mol. The van der Waals surface area contributed by atoms with E-state index in [4.69, 9.17) is 56.9 Å². The Morgan fingerprint density at radius 2 is 1.10 bits per heavy atom. The number of anilines is 2. The van der Waals surface area contributed by atoms with Crippen LogP contribution >= 0.6 is 0 Å². The summed E-state index contributed by atoms with van der Waals surface area (Å²) >= 11 is 0. The molecule has 6 atom stereocenters. The van der Waals surface area contributed by atoms with E-state index >= 15 is 0 Å². The molecule has 0 aliphatic rings. The topological polar surface area (TPSA) is 610 Å². The number of nitrogens with one attached hydrogen (secondary N) is 6. The number of carbonyl (C=O) groups excluding carboxylic acids is 6. The van der Waals surface area contributed by atoms with Gasteiger partial charge in [-0.3, -0.25) is 49.0 Å². The van der Waals surface area contributed by atoms with Gasteiger partial charge in [-0.05, 0) is 23.3 Å². The predicted molar refractivity (Wildman–Crippen MR) is 241 cm³/mol. The molecule has 6 unspecified atom stereocenters. The zero-order valence-corrected chi connectivity index (χ0v) is 35.7. The second-order valence-corrected chi connectivity index (χ2v) is 13.6. The Labute approximate surface area is 391 Å². The summed E-state index contributed by atoms with van der Waals surface area (Å²) in [7, 11) is 0. The summed E-state index contributed by atoms with van der Waals surface area (Å²) in [5.41, 5.74) is 49.2. The van der Waals surface area contributed by atoms with Crippen LogP contribution in [0.4, 0.5) is 22.9 Å². The number of hydrogen-bond donors (Lipinski definition) is 17. The summed E-state index contributed by atoms with van der Waals surface area (Å²) in [6.45, 7) is -0.580. The Morgan fingerprint density at radius 1 is 0.643 bits per heavy atom. The number of primary amides is 1.